The van der Waals surface area contributed by atoms with Gasteiger partial charge in [-0.2, -0.15) is 0 Å². The fourth-order valence-electron chi connectivity index (χ4n) is 1.20. The summed E-state index contributed by atoms with van der Waals surface area (Å²) in [4.78, 5) is 11.0. The summed E-state index contributed by atoms with van der Waals surface area (Å²) in [7, 11) is 0. The predicted octanol–water partition coefficient (Wildman–Crippen LogP) is 2.45. The van der Waals surface area contributed by atoms with E-state index in [9.17, 15) is 4.79 Å². The van der Waals surface area contributed by atoms with Crippen molar-refractivity contribution >= 4 is 23.1 Å². The van der Waals surface area contributed by atoms with E-state index in [1.165, 1.54) is 6.92 Å². The number of nitrogen functional groups attached to an aromatic ring is 1. The molecule has 0 heterocycles. The van der Waals surface area contributed by atoms with Gasteiger partial charge in [-0.1, -0.05) is 6.07 Å². The minimum absolute atomic E-state index is 0.0467. The van der Waals surface area contributed by atoms with Crippen molar-refractivity contribution in [2.24, 2.45) is 0 Å². The molecular weight excluding hydrogens is 186 g/mol. The second-order valence-electron chi connectivity index (χ2n) is 3.09. The zero-order chi connectivity index (χ0) is 10.0. The van der Waals surface area contributed by atoms with Gasteiger partial charge in [0.1, 0.15) is 5.38 Å². The largest absolute Gasteiger partial charge is 0.399 e. The van der Waals surface area contributed by atoms with E-state index in [1.54, 1.807) is 12.1 Å². The van der Waals surface area contributed by atoms with Crippen LogP contribution in [0.15, 0.2) is 18.2 Å². The van der Waals surface area contributed by atoms with Crippen LogP contribution in [0.4, 0.5) is 5.69 Å². The Balaban J connectivity index is 3.08. The summed E-state index contributed by atoms with van der Waals surface area (Å²) in [6.45, 7) is 3.37. The lowest BCUT2D eigenvalue weighted by Gasteiger charge is -2.09. The molecule has 0 aromatic heterocycles. The summed E-state index contributed by atoms with van der Waals surface area (Å²) in [5, 5.41) is -0.555. The molecule has 2 N–H and O–H groups in total. The molecule has 0 saturated carbocycles. The van der Waals surface area contributed by atoms with E-state index in [0.29, 0.717) is 5.69 Å². The van der Waals surface area contributed by atoms with E-state index < -0.39 is 5.38 Å². The highest BCUT2D eigenvalue weighted by molar-refractivity contribution is 6.30. The van der Waals surface area contributed by atoms with E-state index >= 15 is 0 Å². The van der Waals surface area contributed by atoms with E-state index in [0.717, 1.165) is 11.1 Å². The maximum atomic E-state index is 11.0. The first kappa shape index (κ1) is 10.1. The first-order chi connectivity index (χ1) is 6.02. The van der Waals surface area contributed by atoms with Crippen LogP contribution in [0.1, 0.15) is 23.4 Å². The summed E-state index contributed by atoms with van der Waals surface area (Å²) in [6.07, 6.45) is 0. The SMILES string of the molecule is CC(=O)C(Cl)c1ccc(N)cc1C. The standard InChI is InChI=1S/C10H12ClNO/c1-6-5-8(12)3-4-9(6)10(11)7(2)13/h3-5,10H,12H2,1-2H3. The predicted molar refractivity (Wildman–Crippen MR) is 54.9 cm³/mol. The Morgan fingerprint density at radius 2 is 2.15 bits per heavy atom. The Labute approximate surface area is 82.7 Å². The summed E-state index contributed by atoms with van der Waals surface area (Å²) >= 11 is 5.91. The summed E-state index contributed by atoms with van der Waals surface area (Å²) in [6, 6.07) is 5.36. The molecular formula is C10H12ClNO. The molecule has 1 aromatic carbocycles. The van der Waals surface area contributed by atoms with Gasteiger partial charge in [-0.05, 0) is 37.1 Å². The third kappa shape index (κ3) is 2.22. The molecule has 0 aliphatic carbocycles. The van der Waals surface area contributed by atoms with Gasteiger partial charge in [-0.15, -0.1) is 11.6 Å². The highest BCUT2D eigenvalue weighted by Crippen LogP contribution is 2.25. The number of hydrogen-bond acceptors (Lipinski definition) is 2. The number of nitrogens with two attached hydrogens (primary N) is 1. The van der Waals surface area contributed by atoms with Crippen LogP contribution in [-0.2, 0) is 4.79 Å². The fourth-order valence-corrected chi connectivity index (χ4v) is 1.45. The molecule has 70 valence electrons. The second kappa shape index (κ2) is 3.79. The van der Waals surface area contributed by atoms with Crippen LogP contribution in [0.3, 0.4) is 0 Å². The van der Waals surface area contributed by atoms with Crippen LogP contribution in [0.2, 0.25) is 0 Å². The average molecular weight is 198 g/mol. The van der Waals surface area contributed by atoms with Crippen molar-refractivity contribution in [1.82, 2.24) is 0 Å². The van der Waals surface area contributed by atoms with Gasteiger partial charge in [-0.25, -0.2) is 0 Å². The van der Waals surface area contributed by atoms with Crippen molar-refractivity contribution < 1.29 is 4.79 Å². The number of carbonyl (C=O) groups is 1. The molecule has 0 amide bonds. The van der Waals surface area contributed by atoms with Gasteiger partial charge in [0, 0.05) is 5.69 Å². The summed E-state index contributed by atoms with van der Waals surface area (Å²) in [5.74, 6) is -0.0467. The number of ketones is 1. The molecule has 2 nitrogen and oxygen atoms in total. The Morgan fingerprint density at radius 1 is 1.54 bits per heavy atom. The fraction of sp³-hybridized carbons (Fsp3) is 0.300. The molecule has 1 unspecified atom stereocenters. The molecule has 1 aromatic rings. The van der Waals surface area contributed by atoms with E-state index in [2.05, 4.69) is 0 Å². The van der Waals surface area contributed by atoms with Crippen molar-refractivity contribution in [3.05, 3.63) is 29.3 Å². The quantitative estimate of drug-likeness (QED) is 0.585. The molecule has 0 fully saturated rings. The molecule has 13 heavy (non-hydrogen) atoms. The number of hydrogen-bond donors (Lipinski definition) is 1. The van der Waals surface area contributed by atoms with Crippen molar-refractivity contribution in [3.63, 3.8) is 0 Å². The number of aryl methyl sites for hydroxylation is 1. The van der Waals surface area contributed by atoms with Crippen LogP contribution in [0.25, 0.3) is 0 Å². The van der Waals surface area contributed by atoms with Crippen LogP contribution >= 0.6 is 11.6 Å². The Hall–Kier alpha value is -1.02. The highest BCUT2D eigenvalue weighted by Gasteiger charge is 2.14. The average Bonchev–Trinajstić information content (AvgIpc) is 2.03. The Bertz CT molecular complexity index is 336. The van der Waals surface area contributed by atoms with Crippen molar-refractivity contribution in [3.8, 4) is 0 Å². The molecule has 0 radical (unpaired) electrons. The first-order valence-corrected chi connectivity index (χ1v) is 4.46. The van der Waals surface area contributed by atoms with E-state index in [4.69, 9.17) is 17.3 Å². The van der Waals surface area contributed by atoms with Gasteiger partial charge in [-0.3, -0.25) is 4.79 Å². The van der Waals surface area contributed by atoms with Crippen LogP contribution in [0, 0.1) is 6.92 Å². The Kier molecular flexibility index (Phi) is 2.94. The van der Waals surface area contributed by atoms with Crippen LogP contribution in [0.5, 0.6) is 0 Å². The number of rotatable bonds is 2. The smallest absolute Gasteiger partial charge is 0.152 e. The summed E-state index contributed by atoms with van der Waals surface area (Å²) < 4.78 is 0. The topological polar surface area (TPSA) is 43.1 Å². The molecule has 3 heteroatoms. The lowest BCUT2D eigenvalue weighted by atomic mass is 10.0. The van der Waals surface area contributed by atoms with Gasteiger partial charge in [0.25, 0.3) is 0 Å². The number of anilines is 1. The molecule has 0 bridgehead atoms. The maximum Gasteiger partial charge on any atom is 0.152 e. The molecule has 0 aliphatic rings. The van der Waals surface area contributed by atoms with Gasteiger partial charge in [0.15, 0.2) is 5.78 Å². The molecule has 0 spiro atoms. The van der Waals surface area contributed by atoms with E-state index in [1.807, 2.05) is 13.0 Å². The van der Waals surface area contributed by atoms with Gasteiger partial charge >= 0.3 is 0 Å². The lowest BCUT2D eigenvalue weighted by molar-refractivity contribution is -0.116. The molecule has 0 aliphatic heterocycles. The van der Waals surface area contributed by atoms with Crippen LogP contribution < -0.4 is 5.73 Å². The first-order valence-electron chi connectivity index (χ1n) is 4.03. The van der Waals surface area contributed by atoms with Crippen molar-refractivity contribution in [1.29, 1.82) is 0 Å². The zero-order valence-electron chi connectivity index (χ0n) is 7.67. The Morgan fingerprint density at radius 3 is 2.62 bits per heavy atom. The monoisotopic (exact) mass is 197 g/mol. The number of halogens is 1. The number of benzene rings is 1. The third-order valence-corrected chi connectivity index (χ3v) is 2.47. The van der Waals surface area contributed by atoms with Gasteiger partial charge < -0.3 is 5.73 Å². The van der Waals surface area contributed by atoms with Crippen LogP contribution in [-0.4, -0.2) is 5.78 Å². The van der Waals surface area contributed by atoms with Gasteiger partial charge in [0.05, 0.1) is 0 Å². The minimum atomic E-state index is -0.555. The lowest BCUT2D eigenvalue weighted by Crippen LogP contribution is -2.03. The maximum absolute atomic E-state index is 11.0. The minimum Gasteiger partial charge on any atom is -0.399 e. The molecule has 0 saturated heterocycles. The van der Waals surface area contributed by atoms with Gasteiger partial charge in [0.2, 0.25) is 0 Å². The number of carbonyl (C=O) groups excluding carboxylic acids is 1. The van der Waals surface area contributed by atoms with Crippen molar-refractivity contribution in [2.75, 3.05) is 5.73 Å². The zero-order valence-corrected chi connectivity index (χ0v) is 8.43. The molecule has 1 atom stereocenters. The highest BCUT2D eigenvalue weighted by atomic mass is 35.5. The molecule has 1 rings (SSSR count). The second-order valence-corrected chi connectivity index (χ2v) is 3.53. The number of Topliss-reactive ketones (excluding diaryl/α,β-unsaturated/α-hetero) is 1. The summed E-state index contributed by atoms with van der Waals surface area (Å²) in [5.41, 5.74) is 8.05. The third-order valence-electron chi connectivity index (χ3n) is 1.92. The normalized spacial score (nSPS) is 12.5. The van der Waals surface area contributed by atoms with E-state index in [-0.39, 0.29) is 5.78 Å². The number of alkyl halides is 1. The van der Waals surface area contributed by atoms with Crippen molar-refractivity contribution in [2.45, 2.75) is 19.2 Å².